The van der Waals surface area contributed by atoms with Gasteiger partial charge in [-0.1, -0.05) is 24.4 Å². The number of hydrogen-bond donors (Lipinski definition) is 1. The molecule has 0 radical (unpaired) electrons. The van der Waals surface area contributed by atoms with E-state index in [2.05, 4.69) is 5.32 Å². The zero-order valence-corrected chi connectivity index (χ0v) is 16.9. The van der Waals surface area contributed by atoms with Crippen molar-refractivity contribution >= 4 is 44.0 Å². The highest BCUT2D eigenvalue weighted by Crippen LogP contribution is 2.41. The topological polar surface area (TPSA) is 93.4 Å². The van der Waals surface area contributed by atoms with Gasteiger partial charge in [0, 0.05) is 22.2 Å². The molecule has 0 unspecified atom stereocenters. The Morgan fingerprint density at radius 2 is 1.69 bits per heavy atom. The fraction of sp³-hybridized carbons (Fsp3) is 0.238. The molecule has 0 atom stereocenters. The minimum atomic E-state index is -3.92. The van der Waals surface area contributed by atoms with Crippen LogP contribution in [0.25, 0.3) is 11.0 Å². The van der Waals surface area contributed by atoms with E-state index in [0.29, 0.717) is 34.5 Å². The first-order chi connectivity index (χ1) is 13.8. The van der Waals surface area contributed by atoms with Crippen LogP contribution in [-0.4, -0.2) is 19.1 Å². The number of amides is 1. The van der Waals surface area contributed by atoms with Crippen molar-refractivity contribution in [3.63, 3.8) is 0 Å². The number of sulfone groups is 1. The van der Waals surface area contributed by atoms with E-state index in [-0.39, 0.29) is 17.7 Å². The van der Waals surface area contributed by atoms with Crippen LogP contribution in [0.3, 0.4) is 0 Å². The third-order valence-electron chi connectivity index (χ3n) is 5.34. The van der Waals surface area contributed by atoms with E-state index in [4.69, 9.17) is 16.0 Å². The maximum atomic E-state index is 13.4. The molecule has 3 aromatic rings. The number of rotatable bonds is 4. The molecule has 0 aliphatic heterocycles. The summed E-state index contributed by atoms with van der Waals surface area (Å²) in [4.78, 5) is 24.6. The van der Waals surface area contributed by atoms with Gasteiger partial charge in [-0.2, -0.15) is 0 Å². The van der Waals surface area contributed by atoms with E-state index in [1.54, 1.807) is 24.3 Å². The lowest BCUT2D eigenvalue weighted by atomic mass is 10.1. The lowest BCUT2D eigenvalue weighted by molar-refractivity contribution is -0.118. The first-order valence-electron chi connectivity index (χ1n) is 9.17. The molecule has 1 aliphatic rings. The fourth-order valence-electron chi connectivity index (χ4n) is 3.80. The number of hydrogen-bond acceptors (Lipinski definition) is 5. The number of fused-ring (bicyclic) bond motifs is 1. The van der Waals surface area contributed by atoms with Crippen molar-refractivity contribution in [2.24, 2.45) is 0 Å². The van der Waals surface area contributed by atoms with Crippen molar-refractivity contribution in [1.29, 1.82) is 0 Å². The molecule has 1 N–H and O–H groups in total. The van der Waals surface area contributed by atoms with Gasteiger partial charge in [-0.25, -0.2) is 13.2 Å². The monoisotopic (exact) mass is 431 g/mol. The van der Waals surface area contributed by atoms with Crippen LogP contribution in [0.1, 0.15) is 25.7 Å². The van der Waals surface area contributed by atoms with E-state index >= 15 is 0 Å². The Bertz CT molecular complexity index is 1240. The van der Waals surface area contributed by atoms with Gasteiger partial charge in [0.2, 0.25) is 5.91 Å². The molecule has 1 aromatic heterocycles. The Labute approximate surface area is 172 Å². The van der Waals surface area contributed by atoms with E-state index in [0.717, 1.165) is 0 Å². The summed E-state index contributed by atoms with van der Waals surface area (Å²) in [6.07, 6.45) is 1.82. The molecule has 150 valence electrons. The van der Waals surface area contributed by atoms with Crippen molar-refractivity contribution in [3.8, 4) is 0 Å². The molecule has 2 aromatic carbocycles. The van der Waals surface area contributed by atoms with E-state index < -0.39 is 26.1 Å². The third kappa shape index (κ3) is 3.45. The minimum Gasteiger partial charge on any atom is -0.423 e. The molecule has 8 heteroatoms. The van der Waals surface area contributed by atoms with Crippen LogP contribution in [0.2, 0.25) is 5.02 Å². The summed E-state index contributed by atoms with van der Waals surface area (Å²) in [5.74, 6) is -0.554. The Morgan fingerprint density at radius 3 is 2.38 bits per heavy atom. The minimum absolute atomic E-state index is 0.0826. The summed E-state index contributed by atoms with van der Waals surface area (Å²) in [5, 5.41) is 3.81. The summed E-state index contributed by atoms with van der Waals surface area (Å²) in [6.45, 7) is 0. The molecule has 1 saturated carbocycles. The second-order valence-electron chi connectivity index (χ2n) is 7.12. The van der Waals surface area contributed by atoms with Gasteiger partial charge >= 0.3 is 5.63 Å². The lowest BCUT2D eigenvalue weighted by Crippen LogP contribution is -2.47. The second-order valence-corrected chi connectivity index (χ2v) is 9.82. The molecule has 0 saturated heterocycles. The van der Waals surface area contributed by atoms with Gasteiger partial charge < -0.3 is 9.73 Å². The average Bonchev–Trinajstić information content (AvgIpc) is 3.20. The second kappa shape index (κ2) is 7.31. The quantitative estimate of drug-likeness (QED) is 0.625. The summed E-state index contributed by atoms with van der Waals surface area (Å²) in [5.41, 5.74) is 0.363. The van der Waals surface area contributed by atoms with Crippen LogP contribution in [0.15, 0.2) is 68.7 Å². The maximum absolute atomic E-state index is 13.4. The van der Waals surface area contributed by atoms with Crippen LogP contribution in [-0.2, 0) is 14.6 Å². The first kappa shape index (κ1) is 19.7. The molecule has 6 nitrogen and oxygen atoms in total. The predicted molar refractivity (Wildman–Crippen MR) is 111 cm³/mol. The van der Waals surface area contributed by atoms with Crippen molar-refractivity contribution in [3.05, 3.63) is 70.0 Å². The summed E-state index contributed by atoms with van der Waals surface area (Å²) in [7, 11) is -3.92. The van der Waals surface area contributed by atoms with Crippen molar-refractivity contribution in [2.45, 2.75) is 35.3 Å². The summed E-state index contributed by atoms with van der Waals surface area (Å²) >= 11 is 5.88. The third-order valence-corrected chi connectivity index (χ3v) is 8.11. The largest absolute Gasteiger partial charge is 0.423 e. The highest BCUT2D eigenvalue weighted by molar-refractivity contribution is 7.93. The van der Waals surface area contributed by atoms with Crippen LogP contribution in [0.5, 0.6) is 0 Å². The predicted octanol–water partition coefficient (Wildman–Crippen LogP) is 4.17. The number of anilines is 1. The van der Waals surface area contributed by atoms with Crippen molar-refractivity contribution < 1.29 is 17.6 Å². The summed E-state index contributed by atoms with van der Waals surface area (Å²) in [6, 6.07) is 13.6. The van der Waals surface area contributed by atoms with Gasteiger partial charge in [0.05, 0.1) is 4.90 Å². The first-order valence-corrected chi connectivity index (χ1v) is 11.0. The molecular weight excluding hydrogens is 414 g/mol. The van der Waals surface area contributed by atoms with E-state index in [1.165, 1.54) is 30.3 Å². The van der Waals surface area contributed by atoms with E-state index in [9.17, 15) is 18.0 Å². The molecule has 1 fully saturated rings. The van der Waals surface area contributed by atoms with Gasteiger partial charge in [-0.15, -0.1) is 0 Å². The van der Waals surface area contributed by atoms with Crippen LogP contribution >= 0.6 is 11.6 Å². The average molecular weight is 432 g/mol. The number of halogens is 1. The fourth-order valence-corrected chi connectivity index (χ4v) is 5.99. The van der Waals surface area contributed by atoms with Gasteiger partial charge in [0.15, 0.2) is 14.6 Å². The molecule has 1 aliphatic carbocycles. The molecule has 0 bridgehead atoms. The van der Waals surface area contributed by atoms with Crippen LogP contribution < -0.4 is 10.9 Å². The Morgan fingerprint density at radius 1 is 1.00 bits per heavy atom. The molecule has 4 rings (SSSR count). The standard InChI is InChI=1S/C21H18ClNO5S/c22-15-4-7-17(8-5-15)29(26,27)21(11-1-2-12-21)20(25)23-16-6-9-18-14(13-16)3-10-19(24)28-18/h3-10,13H,1-2,11-12H2,(H,23,25). The van der Waals surface area contributed by atoms with Gasteiger partial charge in [-0.05, 0) is 61.4 Å². The van der Waals surface area contributed by atoms with Crippen LogP contribution in [0.4, 0.5) is 5.69 Å². The lowest BCUT2D eigenvalue weighted by Gasteiger charge is -2.27. The van der Waals surface area contributed by atoms with Gasteiger partial charge in [0.1, 0.15) is 5.58 Å². The zero-order chi connectivity index (χ0) is 20.6. The highest BCUT2D eigenvalue weighted by atomic mass is 35.5. The Balaban J connectivity index is 1.70. The van der Waals surface area contributed by atoms with E-state index in [1.807, 2.05) is 0 Å². The van der Waals surface area contributed by atoms with Crippen molar-refractivity contribution in [2.75, 3.05) is 5.32 Å². The SMILES string of the molecule is O=C(Nc1ccc2oc(=O)ccc2c1)C1(S(=O)(=O)c2ccc(Cl)cc2)CCCC1. The van der Waals surface area contributed by atoms with Gasteiger partial charge in [-0.3, -0.25) is 4.79 Å². The molecule has 1 heterocycles. The number of benzene rings is 2. The molecule has 29 heavy (non-hydrogen) atoms. The van der Waals surface area contributed by atoms with Crippen LogP contribution in [0, 0.1) is 0 Å². The van der Waals surface area contributed by atoms with Crippen molar-refractivity contribution in [1.82, 2.24) is 0 Å². The molecule has 1 amide bonds. The Hall–Kier alpha value is -2.64. The smallest absolute Gasteiger partial charge is 0.336 e. The molecule has 0 spiro atoms. The summed E-state index contributed by atoms with van der Waals surface area (Å²) < 4.78 is 30.4. The molecular formula is C21H18ClNO5S. The van der Waals surface area contributed by atoms with Gasteiger partial charge in [0.25, 0.3) is 0 Å². The number of nitrogens with one attached hydrogen (secondary N) is 1. The Kier molecular flexibility index (Phi) is 4.96. The normalized spacial score (nSPS) is 16.0. The maximum Gasteiger partial charge on any atom is 0.336 e. The number of carbonyl (C=O) groups is 1. The zero-order valence-electron chi connectivity index (χ0n) is 15.4. The highest BCUT2D eigenvalue weighted by Gasteiger charge is 2.52. The number of carbonyl (C=O) groups excluding carboxylic acids is 1.